The van der Waals surface area contributed by atoms with Crippen LogP contribution in [0.4, 0.5) is 0 Å². The van der Waals surface area contributed by atoms with Crippen LogP contribution in [0.1, 0.15) is 17.5 Å². The first kappa shape index (κ1) is 12.1. The minimum atomic E-state index is 0.422. The van der Waals surface area contributed by atoms with Gasteiger partial charge in [-0.15, -0.1) is 11.3 Å². The predicted octanol–water partition coefficient (Wildman–Crippen LogP) is 4.09. The van der Waals surface area contributed by atoms with Gasteiger partial charge >= 0.3 is 0 Å². The van der Waals surface area contributed by atoms with Crippen molar-refractivity contribution < 1.29 is 0 Å². The molecule has 1 heterocycles. The molecule has 0 bridgehead atoms. The third kappa shape index (κ3) is 2.49. The number of nitriles is 1. The van der Waals surface area contributed by atoms with E-state index in [-0.39, 0.29) is 0 Å². The first-order valence-electron chi connectivity index (χ1n) is 5.36. The Labute approximate surface area is 110 Å². The van der Waals surface area contributed by atoms with Crippen LogP contribution in [0.5, 0.6) is 0 Å². The van der Waals surface area contributed by atoms with Crippen LogP contribution >= 0.6 is 22.9 Å². The Morgan fingerprint density at radius 2 is 2.18 bits per heavy atom. The van der Waals surface area contributed by atoms with Gasteiger partial charge in [-0.25, -0.2) is 4.98 Å². The van der Waals surface area contributed by atoms with E-state index in [1.165, 1.54) is 0 Å². The molecule has 0 atom stereocenters. The number of aromatic nitrogens is 1. The standard InChI is InChI=1S/C13H11ClN2S/c1-2-11-12(7-8-15)17-13(16-11)9-5-3-4-6-10(9)14/h3-6H,2,7H2,1H3. The molecule has 0 unspecified atom stereocenters. The molecule has 0 amide bonds. The molecule has 2 aromatic rings. The Hall–Kier alpha value is -1.37. The maximum atomic E-state index is 8.78. The lowest BCUT2D eigenvalue weighted by Crippen LogP contribution is -1.86. The minimum Gasteiger partial charge on any atom is -0.241 e. The summed E-state index contributed by atoms with van der Waals surface area (Å²) < 4.78 is 0. The molecule has 0 saturated heterocycles. The third-order valence-electron chi connectivity index (χ3n) is 2.46. The summed E-state index contributed by atoms with van der Waals surface area (Å²) >= 11 is 7.70. The van der Waals surface area contributed by atoms with Crippen molar-refractivity contribution in [3.63, 3.8) is 0 Å². The summed E-state index contributed by atoms with van der Waals surface area (Å²) in [6.07, 6.45) is 1.27. The van der Waals surface area contributed by atoms with Gasteiger partial charge in [0.25, 0.3) is 0 Å². The highest BCUT2D eigenvalue weighted by Crippen LogP contribution is 2.33. The van der Waals surface area contributed by atoms with E-state index in [0.717, 1.165) is 27.6 Å². The van der Waals surface area contributed by atoms with Crippen LogP contribution in [-0.2, 0) is 12.8 Å². The van der Waals surface area contributed by atoms with Crippen LogP contribution in [0, 0.1) is 11.3 Å². The molecular weight excluding hydrogens is 252 g/mol. The average Bonchev–Trinajstić information content (AvgIpc) is 2.73. The molecule has 0 fully saturated rings. The Morgan fingerprint density at radius 3 is 2.82 bits per heavy atom. The maximum absolute atomic E-state index is 8.78. The summed E-state index contributed by atoms with van der Waals surface area (Å²) in [6.45, 7) is 2.05. The van der Waals surface area contributed by atoms with Gasteiger partial charge in [-0.05, 0) is 12.5 Å². The summed E-state index contributed by atoms with van der Waals surface area (Å²) in [5.74, 6) is 0. The molecule has 0 saturated carbocycles. The lowest BCUT2D eigenvalue weighted by molar-refractivity contribution is 1.03. The molecule has 0 aliphatic carbocycles. The van der Waals surface area contributed by atoms with Crippen molar-refractivity contribution in [3.05, 3.63) is 39.9 Å². The van der Waals surface area contributed by atoms with Gasteiger partial charge in [-0.2, -0.15) is 5.26 Å². The number of nitrogens with zero attached hydrogens (tertiary/aromatic N) is 2. The number of aryl methyl sites for hydroxylation is 1. The van der Waals surface area contributed by atoms with Crippen molar-refractivity contribution in [2.24, 2.45) is 0 Å². The fraction of sp³-hybridized carbons (Fsp3) is 0.231. The second-order valence-corrected chi connectivity index (χ2v) is 5.05. The molecule has 1 aromatic carbocycles. The molecule has 4 heteroatoms. The predicted molar refractivity (Wildman–Crippen MR) is 71.3 cm³/mol. The zero-order chi connectivity index (χ0) is 12.3. The van der Waals surface area contributed by atoms with E-state index in [0.29, 0.717) is 11.4 Å². The summed E-state index contributed by atoms with van der Waals surface area (Å²) in [7, 11) is 0. The fourth-order valence-corrected chi connectivity index (χ4v) is 3.02. The summed E-state index contributed by atoms with van der Waals surface area (Å²) in [4.78, 5) is 5.61. The highest BCUT2D eigenvalue weighted by atomic mass is 35.5. The second kappa shape index (κ2) is 5.31. The summed E-state index contributed by atoms with van der Waals surface area (Å²) in [5, 5.41) is 10.4. The van der Waals surface area contributed by atoms with Crippen LogP contribution in [0.15, 0.2) is 24.3 Å². The Morgan fingerprint density at radius 1 is 1.41 bits per heavy atom. The maximum Gasteiger partial charge on any atom is 0.125 e. The Kier molecular flexibility index (Phi) is 3.78. The van der Waals surface area contributed by atoms with Gasteiger partial charge in [0.1, 0.15) is 5.01 Å². The van der Waals surface area contributed by atoms with Crippen LogP contribution in [-0.4, -0.2) is 4.98 Å². The number of hydrogen-bond donors (Lipinski definition) is 0. The molecule has 0 radical (unpaired) electrons. The van der Waals surface area contributed by atoms with Gasteiger partial charge in [0.05, 0.1) is 23.2 Å². The first-order valence-corrected chi connectivity index (χ1v) is 6.56. The smallest absolute Gasteiger partial charge is 0.125 e. The normalized spacial score (nSPS) is 10.2. The molecule has 2 rings (SSSR count). The number of halogens is 1. The van der Waals surface area contributed by atoms with Crippen LogP contribution < -0.4 is 0 Å². The monoisotopic (exact) mass is 262 g/mol. The molecule has 17 heavy (non-hydrogen) atoms. The molecule has 0 aliphatic heterocycles. The van der Waals surface area contributed by atoms with Crippen LogP contribution in [0.2, 0.25) is 5.02 Å². The number of benzene rings is 1. The molecule has 0 N–H and O–H groups in total. The number of rotatable bonds is 3. The van der Waals surface area contributed by atoms with Gasteiger partial charge in [0.2, 0.25) is 0 Å². The van der Waals surface area contributed by atoms with E-state index < -0.39 is 0 Å². The van der Waals surface area contributed by atoms with Crippen molar-refractivity contribution in [1.29, 1.82) is 5.26 Å². The van der Waals surface area contributed by atoms with Crippen molar-refractivity contribution in [2.45, 2.75) is 19.8 Å². The molecular formula is C13H11ClN2S. The largest absolute Gasteiger partial charge is 0.241 e. The fourth-order valence-electron chi connectivity index (χ4n) is 1.62. The second-order valence-electron chi connectivity index (χ2n) is 3.56. The van der Waals surface area contributed by atoms with Crippen molar-refractivity contribution in [1.82, 2.24) is 4.98 Å². The summed E-state index contributed by atoms with van der Waals surface area (Å²) in [6, 6.07) is 9.83. The van der Waals surface area contributed by atoms with Crippen LogP contribution in [0.3, 0.4) is 0 Å². The SMILES string of the molecule is CCc1nc(-c2ccccc2Cl)sc1CC#N. The van der Waals surface area contributed by atoms with Crippen molar-refractivity contribution >= 4 is 22.9 Å². The van der Waals surface area contributed by atoms with Gasteiger partial charge in [0.15, 0.2) is 0 Å². The zero-order valence-corrected chi connectivity index (χ0v) is 11.0. The lowest BCUT2D eigenvalue weighted by atomic mass is 10.2. The third-order valence-corrected chi connectivity index (χ3v) is 3.92. The van der Waals surface area contributed by atoms with E-state index in [1.54, 1.807) is 11.3 Å². The highest BCUT2D eigenvalue weighted by molar-refractivity contribution is 7.15. The lowest BCUT2D eigenvalue weighted by Gasteiger charge is -1.98. The van der Waals surface area contributed by atoms with Crippen molar-refractivity contribution in [3.8, 4) is 16.6 Å². The molecule has 2 nitrogen and oxygen atoms in total. The topological polar surface area (TPSA) is 36.7 Å². The van der Waals surface area contributed by atoms with E-state index in [9.17, 15) is 0 Å². The average molecular weight is 263 g/mol. The Bertz CT molecular complexity index is 569. The Balaban J connectivity index is 2.47. The van der Waals surface area contributed by atoms with E-state index in [2.05, 4.69) is 11.1 Å². The van der Waals surface area contributed by atoms with Gasteiger partial charge in [-0.3, -0.25) is 0 Å². The van der Waals surface area contributed by atoms with E-state index in [4.69, 9.17) is 16.9 Å². The molecule has 0 spiro atoms. The molecule has 86 valence electrons. The van der Waals surface area contributed by atoms with Gasteiger partial charge in [0, 0.05) is 10.4 Å². The highest BCUT2D eigenvalue weighted by Gasteiger charge is 2.12. The van der Waals surface area contributed by atoms with E-state index >= 15 is 0 Å². The number of hydrogen-bond acceptors (Lipinski definition) is 3. The van der Waals surface area contributed by atoms with Gasteiger partial charge < -0.3 is 0 Å². The summed E-state index contributed by atoms with van der Waals surface area (Å²) in [5.41, 5.74) is 1.95. The molecule has 0 aliphatic rings. The van der Waals surface area contributed by atoms with E-state index in [1.807, 2.05) is 31.2 Å². The minimum absolute atomic E-state index is 0.422. The number of thiazole rings is 1. The first-order chi connectivity index (χ1) is 8.26. The van der Waals surface area contributed by atoms with Crippen molar-refractivity contribution in [2.75, 3.05) is 0 Å². The van der Waals surface area contributed by atoms with Crippen LogP contribution in [0.25, 0.3) is 10.6 Å². The molecule has 1 aromatic heterocycles. The van der Waals surface area contributed by atoms with Gasteiger partial charge in [-0.1, -0.05) is 36.7 Å². The quantitative estimate of drug-likeness (QED) is 0.835. The zero-order valence-electron chi connectivity index (χ0n) is 9.40.